The van der Waals surface area contributed by atoms with E-state index < -0.39 is 5.82 Å². The molecule has 0 N–H and O–H groups in total. The number of Topliss-reactive ketones (excluding diaryl/α,β-unsaturated/α-hetero) is 1. The molecule has 2 aromatic rings. The van der Waals surface area contributed by atoms with Crippen molar-refractivity contribution < 1.29 is 13.9 Å². The zero-order chi connectivity index (χ0) is 15.5. The minimum absolute atomic E-state index is 0.0609. The molecular formula is C18H19FO2. The van der Waals surface area contributed by atoms with E-state index in [1.54, 1.807) is 12.1 Å². The topological polar surface area (TPSA) is 26.3 Å². The number of hydrogen-bond donors (Lipinski definition) is 0. The Morgan fingerprint density at radius 3 is 2.33 bits per heavy atom. The molecule has 0 amide bonds. The number of ketones is 1. The lowest BCUT2D eigenvalue weighted by molar-refractivity contribution is 0.0916. The zero-order valence-electron chi connectivity index (χ0n) is 12.5. The number of para-hydroxylation sites is 1. The first-order chi connectivity index (χ1) is 9.89. The molecule has 0 fully saturated rings. The van der Waals surface area contributed by atoms with Crippen molar-refractivity contribution in [1.82, 2.24) is 0 Å². The van der Waals surface area contributed by atoms with E-state index in [1.165, 1.54) is 12.1 Å². The van der Waals surface area contributed by atoms with Crippen LogP contribution in [0.25, 0.3) is 0 Å². The predicted molar refractivity (Wildman–Crippen MR) is 81.4 cm³/mol. The number of carbonyl (C=O) groups is 1. The summed E-state index contributed by atoms with van der Waals surface area (Å²) in [5.41, 5.74) is 0.995. The normalized spacial score (nSPS) is 11.2. The SMILES string of the molecule is CC(C)(C)c1ccccc1OCC(=O)c1ccccc1F. The molecule has 0 heterocycles. The van der Waals surface area contributed by atoms with Crippen LogP contribution in [0, 0.1) is 5.82 Å². The third-order valence-electron chi connectivity index (χ3n) is 3.23. The van der Waals surface area contributed by atoms with Gasteiger partial charge in [-0.1, -0.05) is 51.1 Å². The van der Waals surface area contributed by atoms with Gasteiger partial charge in [-0.25, -0.2) is 4.39 Å². The second-order valence-corrected chi connectivity index (χ2v) is 5.94. The molecule has 2 nitrogen and oxygen atoms in total. The summed E-state index contributed by atoms with van der Waals surface area (Å²) in [4.78, 5) is 12.0. The van der Waals surface area contributed by atoms with E-state index in [1.807, 2.05) is 24.3 Å². The molecule has 2 rings (SSSR count). The summed E-state index contributed by atoms with van der Waals surface area (Å²) >= 11 is 0. The average molecular weight is 286 g/mol. The van der Waals surface area contributed by atoms with Crippen LogP contribution in [0.3, 0.4) is 0 Å². The fraction of sp³-hybridized carbons (Fsp3) is 0.278. The minimum atomic E-state index is -0.518. The second-order valence-electron chi connectivity index (χ2n) is 5.94. The van der Waals surface area contributed by atoms with Crippen LogP contribution in [0.2, 0.25) is 0 Å². The second kappa shape index (κ2) is 6.08. The van der Waals surface area contributed by atoms with Gasteiger partial charge in [-0.2, -0.15) is 0 Å². The summed E-state index contributed by atoms with van der Waals surface area (Å²) in [6.07, 6.45) is 0. The molecule has 0 aliphatic rings. The Kier molecular flexibility index (Phi) is 4.41. The molecule has 0 saturated carbocycles. The maximum absolute atomic E-state index is 13.6. The van der Waals surface area contributed by atoms with Crippen LogP contribution >= 0.6 is 0 Å². The smallest absolute Gasteiger partial charge is 0.203 e. The molecule has 2 aromatic carbocycles. The molecule has 0 unspecified atom stereocenters. The molecule has 0 atom stereocenters. The number of ether oxygens (including phenoxy) is 1. The summed E-state index contributed by atoms with van der Waals surface area (Å²) < 4.78 is 19.2. The maximum Gasteiger partial charge on any atom is 0.203 e. The Morgan fingerprint density at radius 1 is 1.05 bits per heavy atom. The van der Waals surface area contributed by atoms with Crippen LogP contribution < -0.4 is 4.74 Å². The lowest BCUT2D eigenvalue weighted by Gasteiger charge is -2.22. The summed E-state index contributed by atoms with van der Waals surface area (Å²) in [5.74, 6) is -0.221. The molecule has 0 saturated heterocycles. The first-order valence-corrected chi connectivity index (χ1v) is 6.89. The van der Waals surface area contributed by atoms with Crippen molar-refractivity contribution in [1.29, 1.82) is 0 Å². The van der Waals surface area contributed by atoms with Crippen molar-refractivity contribution in [3.05, 3.63) is 65.5 Å². The van der Waals surface area contributed by atoms with Crippen LogP contribution in [0.5, 0.6) is 5.75 Å². The first kappa shape index (κ1) is 15.2. The molecule has 0 aliphatic carbocycles. The molecule has 21 heavy (non-hydrogen) atoms. The highest BCUT2D eigenvalue weighted by molar-refractivity contribution is 5.97. The quantitative estimate of drug-likeness (QED) is 0.779. The fourth-order valence-corrected chi connectivity index (χ4v) is 2.12. The zero-order valence-corrected chi connectivity index (χ0v) is 12.5. The van der Waals surface area contributed by atoms with Gasteiger partial charge in [0.05, 0.1) is 5.56 Å². The van der Waals surface area contributed by atoms with Crippen LogP contribution in [-0.4, -0.2) is 12.4 Å². The lowest BCUT2D eigenvalue weighted by atomic mass is 9.86. The van der Waals surface area contributed by atoms with Gasteiger partial charge in [0.15, 0.2) is 6.61 Å². The van der Waals surface area contributed by atoms with Crippen molar-refractivity contribution >= 4 is 5.78 Å². The van der Waals surface area contributed by atoms with E-state index in [-0.39, 0.29) is 23.4 Å². The highest BCUT2D eigenvalue weighted by Crippen LogP contribution is 2.31. The third kappa shape index (κ3) is 3.69. The van der Waals surface area contributed by atoms with Gasteiger partial charge < -0.3 is 4.74 Å². The molecule has 0 radical (unpaired) electrons. The predicted octanol–water partition coefficient (Wildman–Crippen LogP) is 4.38. The van der Waals surface area contributed by atoms with Gasteiger partial charge in [0, 0.05) is 0 Å². The summed E-state index contributed by atoms with van der Waals surface area (Å²) in [6.45, 7) is 6.06. The number of hydrogen-bond acceptors (Lipinski definition) is 2. The molecule has 0 spiro atoms. The van der Waals surface area contributed by atoms with Crippen molar-refractivity contribution in [2.24, 2.45) is 0 Å². The van der Waals surface area contributed by atoms with Gasteiger partial charge in [0.2, 0.25) is 5.78 Å². The Labute approximate surface area is 124 Å². The largest absolute Gasteiger partial charge is 0.485 e. The van der Waals surface area contributed by atoms with Gasteiger partial charge in [0.1, 0.15) is 11.6 Å². The highest BCUT2D eigenvalue weighted by atomic mass is 19.1. The van der Waals surface area contributed by atoms with Gasteiger partial charge in [-0.15, -0.1) is 0 Å². The molecule has 3 heteroatoms. The van der Waals surface area contributed by atoms with E-state index in [9.17, 15) is 9.18 Å². The Hall–Kier alpha value is -2.16. The summed E-state index contributed by atoms with van der Waals surface area (Å²) in [6, 6.07) is 13.5. The maximum atomic E-state index is 13.6. The fourth-order valence-electron chi connectivity index (χ4n) is 2.12. The Balaban J connectivity index is 2.14. The van der Waals surface area contributed by atoms with Crippen LogP contribution in [-0.2, 0) is 5.41 Å². The monoisotopic (exact) mass is 286 g/mol. The average Bonchev–Trinajstić information content (AvgIpc) is 2.44. The lowest BCUT2D eigenvalue weighted by Crippen LogP contribution is -2.17. The number of benzene rings is 2. The molecule has 0 bridgehead atoms. The van der Waals surface area contributed by atoms with Gasteiger partial charge >= 0.3 is 0 Å². The molecule has 110 valence electrons. The van der Waals surface area contributed by atoms with Crippen LogP contribution in [0.4, 0.5) is 4.39 Å². The minimum Gasteiger partial charge on any atom is -0.485 e. The molecule has 0 aromatic heterocycles. The van der Waals surface area contributed by atoms with E-state index in [4.69, 9.17) is 4.74 Å². The summed E-state index contributed by atoms with van der Waals surface area (Å²) in [5, 5.41) is 0. The van der Waals surface area contributed by atoms with E-state index in [2.05, 4.69) is 20.8 Å². The van der Waals surface area contributed by atoms with Crippen molar-refractivity contribution in [3.8, 4) is 5.75 Å². The standard InChI is InChI=1S/C18H19FO2/c1-18(2,3)14-9-5-7-11-17(14)21-12-16(20)13-8-4-6-10-15(13)19/h4-11H,12H2,1-3H3. The van der Waals surface area contributed by atoms with Gasteiger partial charge in [0.25, 0.3) is 0 Å². The summed E-state index contributed by atoms with van der Waals surface area (Å²) in [7, 11) is 0. The molecular weight excluding hydrogens is 267 g/mol. The van der Waals surface area contributed by atoms with Crippen molar-refractivity contribution in [2.75, 3.05) is 6.61 Å². The number of halogens is 1. The van der Waals surface area contributed by atoms with E-state index >= 15 is 0 Å². The third-order valence-corrected chi connectivity index (χ3v) is 3.23. The Morgan fingerprint density at radius 2 is 1.67 bits per heavy atom. The van der Waals surface area contributed by atoms with Crippen LogP contribution in [0.1, 0.15) is 36.7 Å². The highest BCUT2D eigenvalue weighted by Gasteiger charge is 2.19. The van der Waals surface area contributed by atoms with Gasteiger partial charge in [-0.05, 0) is 29.2 Å². The van der Waals surface area contributed by atoms with Crippen molar-refractivity contribution in [3.63, 3.8) is 0 Å². The first-order valence-electron chi connectivity index (χ1n) is 6.89. The van der Waals surface area contributed by atoms with Crippen LogP contribution in [0.15, 0.2) is 48.5 Å². The number of rotatable bonds is 4. The van der Waals surface area contributed by atoms with Crippen molar-refractivity contribution in [2.45, 2.75) is 26.2 Å². The Bertz CT molecular complexity index is 642. The van der Waals surface area contributed by atoms with Gasteiger partial charge in [-0.3, -0.25) is 4.79 Å². The number of carbonyl (C=O) groups excluding carboxylic acids is 1. The molecule has 0 aliphatic heterocycles. The van der Waals surface area contributed by atoms with E-state index in [0.29, 0.717) is 5.75 Å². The van der Waals surface area contributed by atoms with E-state index in [0.717, 1.165) is 5.56 Å².